The maximum Gasteiger partial charge on any atom is 0.236 e. The van der Waals surface area contributed by atoms with Gasteiger partial charge in [0.2, 0.25) is 11.8 Å². The Balaban J connectivity index is 0.00000225. The molecule has 2 aliphatic heterocycles. The highest BCUT2D eigenvalue weighted by Gasteiger charge is 2.29. The molecule has 0 bridgehead atoms. The predicted octanol–water partition coefficient (Wildman–Crippen LogP) is 0.848. The van der Waals surface area contributed by atoms with E-state index in [-0.39, 0.29) is 48.5 Å². The summed E-state index contributed by atoms with van der Waals surface area (Å²) in [5, 5.41) is 3.34. The number of carbonyl (C=O) groups is 2. The molecule has 1 atom stereocenters. The van der Waals surface area contributed by atoms with Gasteiger partial charge >= 0.3 is 0 Å². The SMILES string of the molecule is CN(C)C(=O)CN1CCN(C(=O)CN2CCNCC2c2cccc(F)c2)CC1.Cl.Cl. The molecule has 2 heterocycles. The second kappa shape index (κ2) is 12.4. The van der Waals surface area contributed by atoms with Crippen molar-refractivity contribution in [2.45, 2.75) is 6.04 Å². The number of likely N-dealkylation sites (N-methyl/N-ethyl adjacent to an activating group) is 1. The number of benzene rings is 1. The average Bonchev–Trinajstić information content (AvgIpc) is 2.69. The molecule has 0 saturated carbocycles. The monoisotopic (exact) mass is 463 g/mol. The molecule has 1 aromatic rings. The first-order valence-electron chi connectivity index (χ1n) is 9.84. The van der Waals surface area contributed by atoms with E-state index in [0.29, 0.717) is 45.8 Å². The van der Waals surface area contributed by atoms with Crippen LogP contribution in [0.5, 0.6) is 0 Å². The van der Waals surface area contributed by atoms with Crippen molar-refractivity contribution in [3.8, 4) is 0 Å². The van der Waals surface area contributed by atoms with E-state index >= 15 is 0 Å². The van der Waals surface area contributed by atoms with Gasteiger partial charge in [-0.05, 0) is 17.7 Å². The molecular formula is C20H32Cl2FN5O2. The minimum absolute atomic E-state index is 0. The number of rotatable bonds is 5. The van der Waals surface area contributed by atoms with Gasteiger partial charge in [0.05, 0.1) is 13.1 Å². The van der Waals surface area contributed by atoms with Gasteiger partial charge in [0.25, 0.3) is 0 Å². The molecule has 1 N–H and O–H groups in total. The first-order chi connectivity index (χ1) is 13.4. The van der Waals surface area contributed by atoms with E-state index < -0.39 is 0 Å². The Kier molecular flexibility index (Phi) is 11.0. The fraction of sp³-hybridized carbons (Fsp3) is 0.600. The molecule has 2 saturated heterocycles. The minimum atomic E-state index is -0.252. The second-order valence-corrected chi connectivity index (χ2v) is 7.69. The average molecular weight is 464 g/mol. The summed E-state index contributed by atoms with van der Waals surface area (Å²) in [4.78, 5) is 32.4. The van der Waals surface area contributed by atoms with Gasteiger partial charge in [-0.3, -0.25) is 19.4 Å². The third kappa shape index (κ3) is 7.06. The molecule has 1 aromatic carbocycles. The topological polar surface area (TPSA) is 59.1 Å². The third-order valence-electron chi connectivity index (χ3n) is 5.51. The summed E-state index contributed by atoms with van der Waals surface area (Å²) in [7, 11) is 3.51. The maximum atomic E-state index is 13.6. The summed E-state index contributed by atoms with van der Waals surface area (Å²) >= 11 is 0. The van der Waals surface area contributed by atoms with E-state index in [2.05, 4.69) is 15.1 Å². The second-order valence-electron chi connectivity index (χ2n) is 7.69. The number of hydrogen-bond donors (Lipinski definition) is 1. The van der Waals surface area contributed by atoms with Crippen molar-refractivity contribution in [2.75, 3.05) is 73.0 Å². The highest BCUT2D eigenvalue weighted by molar-refractivity contribution is 5.85. The van der Waals surface area contributed by atoms with E-state index in [1.54, 1.807) is 31.1 Å². The van der Waals surface area contributed by atoms with Gasteiger partial charge in [0.1, 0.15) is 5.82 Å². The molecule has 0 radical (unpaired) electrons. The van der Waals surface area contributed by atoms with E-state index in [9.17, 15) is 14.0 Å². The molecule has 0 aromatic heterocycles. The smallest absolute Gasteiger partial charge is 0.236 e. The Bertz CT molecular complexity index is 702. The molecule has 1 unspecified atom stereocenters. The van der Waals surface area contributed by atoms with Crippen LogP contribution in [0.4, 0.5) is 4.39 Å². The van der Waals surface area contributed by atoms with Crippen molar-refractivity contribution in [1.82, 2.24) is 24.9 Å². The number of hydrogen-bond acceptors (Lipinski definition) is 5. The van der Waals surface area contributed by atoms with Crippen LogP contribution in [0.3, 0.4) is 0 Å². The Labute approximate surface area is 190 Å². The van der Waals surface area contributed by atoms with Crippen LogP contribution in [-0.4, -0.2) is 104 Å². The van der Waals surface area contributed by atoms with Crippen LogP contribution in [0, 0.1) is 5.82 Å². The molecule has 170 valence electrons. The molecular weight excluding hydrogens is 432 g/mol. The lowest BCUT2D eigenvalue weighted by molar-refractivity contribution is -0.136. The van der Waals surface area contributed by atoms with Crippen molar-refractivity contribution in [1.29, 1.82) is 0 Å². The van der Waals surface area contributed by atoms with E-state index in [0.717, 1.165) is 18.7 Å². The van der Waals surface area contributed by atoms with Gasteiger partial charge in [0.15, 0.2) is 0 Å². The molecule has 30 heavy (non-hydrogen) atoms. The van der Waals surface area contributed by atoms with Crippen LogP contribution in [0.2, 0.25) is 0 Å². The van der Waals surface area contributed by atoms with Gasteiger partial charge in [-0.2, -0.15) is 0 Å². The van der Waals surface area contributed by atoms with Crippen molar-refractivity contribution in [3.63, 3.8) is 0 Å². The lowest BCUT2D eigenvalue weighted by Crippen LogP contribution is -2.54. The van der Waals surface area contributed by atoms with Crippen LogP contribution in [0.1, 0.15) is 11.6 Å². The zero-order valence-electron chi connectivity index (χ0n) is 17.6. The molecule has 2 amide bonds. The van der Waals surface area contributed by atoms with Gasteiger partial charge in [-0.25, -0.2) is 4.39 Å². The van der Waals surface area contributed by atoms with Crippen LogP contribution >= 0.6 is 24.8 Å². The van der Waals surface area contributed by atoms with Crippen LogP contribution in [0.15, 0.2) is 24.3 Å². The van der Waals surface area contributed by atoms with Gasteiger partial charge in [-0.15, -0.1) is 24.8 Å². The maximum absolute atomic E-state index is 13.6. The minimum Gasteiger partial charge on any atom is -0.348 e. The number of nitrogens with zero attached hydrogens (tertiary/aromatic N) is 4. The Morgan fingerprint density at radius 2 is 1.80 bits per heavy atom. The molecule has 0 aliphatic carbocycles. The Morgan fingerprint density at radius 1 is 1.10 bits per heavy atom. The number of nitrogens with one attached hydrogen (secondary N) is 1. The Hall–Kier alpha value is -1.45. The lowest BCUT2D eigenvalue weighted by Gasteiger charge is -2.39. The zero-order valence-corrected chi connectivity index (χ0v) is 19.2. The fourth-order valence-electron chi connectivity index (χ4n) is 3.74. The summed E-state index contributed by atoms with van der Waals surface area (Å²) in [6, 6.07) is 6.62. The van der Waals surface area contributed by atoms with Crippen LogP contribution in [0.25, 0.3) is 0 Å². The molecule has 10 heteroatoms. The van der Waals surface area contributed by atoms with Crippen molar-refractivity contribution < 1.29 is 14.0 Å². The summed E-state index contributed by atoms with van der Waals surface area (Å²) in [5.74, 6) is -0.0711. The third-order valence-corrected chi connectivity index (χ3v) is 5.51. The van der Waals surface area contributed by atoms with Crippen LogP contribution in [-0.2, 0) is 9.59 Å². The highest BCUT2D eigenvalue weighted by atomic mass is 35.5. The first-order valence-corrected chi connectivity index (χ1v) is 9.84. The van der Waals surface area contributed by atoms with Crippen molar-refractivity contribution in [3.05, 3.63) is 35.6 Å². The van der Waals surface area contributed by atoms with E-state index in [1.807, 2.05) is 11.0 Å². The van der Waals surface area contributed by atoms with Gasteiger partial charge in [0, 0.05) is 66.0 Å². The molecule has 2 fully saturated rings. The summed E-state index contributed by atoms with van der Waals surface area (Å²) < 4.78 is 13.6. The highest BCUT2D eigenvalue weighted by Crippen LogP contribution is 2.23. The standard InChI is InChI=1S/C20H30FN5O2.2ClH/c1-23(2)19(27)14-24-8-10-25(11-9-24)20(28)15-26-7-6-22-13-18(26)16-4-3-5-17(21)12-16;;/h3-5,12,18,22H,6-11,13-15H2,1-2H3;2*1H. The van der Waals surface area contributed by atoms with E-state index in [1.165, 1.54) is 6.07 Å². The number of piperazine rings is 2. The fourth-order valence-corrected chi connectivity index (χ4v) is 3.74. The van der Waals surface area contributed by atoms with Gasteiger partial charge in [-0.1, -0.05) is 12.1 Å². The van der Waals surface area contributed by atoms with Crippen LogP contribution < -0.4 is 5.32 Å². The first kappa shape index (κ1) is 26.6. The summed E-state index contributed by atoms with van der Waals surface area (Å²) in [5.41, 5.74) is 0.895. The van der Waals surface area contributed by atoms with E-state index in [4.69, 9.17) is 0 Å². The number of carbonyl (C=O) groups excluding carboxylic acids is 2. The quantitative estimate of drug-likeness (QED) is 0.701. The molecule has 7 nitrogen and oxygen atoms in total. The number of halogens is 3. The van der Waals surface area contributed by atoms with Crippen molar-refractivity contribution in [2.24, 2.45) is 0 Å². The zero-order chi connectivity index (χ0) is 20.1. The number of amides is 2. The molecule has 0 spiro atoms. The lowest BCUT2D eigenvalue weighted by atomic mass is 10.0. The van der Waals surface area contributed by atoms with Crippen molar-refractivity contribution >= 4 is 36.6 Å². The Morgan fingerprint density at radius 3 is 2.43 bits per heavy atom. The molecule has 3 rings (SSSR count). The normalized spacial score (nSPS) is 20.1. The summed E-state index contributed by atoms with van der Waals surface area (Å²) in [6.45, 7) is 5.70. The summed E-state index contributed by atoms with van der Waals surface area (Å²) in [6.07, 6.45) is 0. The van der Waals surface area contributed by atoms with Gasteiger partial charge < -0.3 is 15.1 Å². The predicted molar refractivity (Wildman–Crippen MR) is 120 cm³/mol. The largest absolute Gasteiger partial charge is 0.348 e. The molecule has 2 aliphatic rings.